The third-order valence-electron chi connectivity index (χ3n) is 4.24. The van der Waals surface area contributed by atoms with Crippen molar-refractivity contribution in [2.45, 2.75) is 25.8 Å². The molecule has 7 nitrogen and oxygen atoms in total. The number of carbonyl (C=O) groups excluding carboxylic acids is 1. The number of hydrogen-bond acceptors (Lipinski definition) is 6. The number of nitrogens with zero attached hydrogens (tertiary/aromatic N) is 4. The van der Waals surface area contributed by atoms with Gasteiger partial charge < -0.3 is 9.47 Å². The largest absolute Gasteiger partial charge is 0.494 e. The topological polar surface area (TPSA) is 90.0 Å². The summed E-state index contributed by atoms with van der Waals surface area (Å²) in [6, 6.07) is 16.4. The van der Waals surface area contributed by atoms with E-state index in [0.29, 0.717) is 24.3 Å². The van der Waals surface area contributed by atoms with Crippen LogP contribution in [-0.4, -0.2) is 33.8 Å². The monoisotopic (exact) mass is 390 g/mol. The van der Waals surface area contributed by atoms with Crippen molar-refractivity contribution in [3.63, 3.8) is 0 Å². The van der Waals surface area contributed by atoms with E-state index in [1.54, 1.807) is 36.4 Å². The van der Waals surface area contributed by atoms with Gasteiger partial charge in [-0.05, 0) is 61.7 Å². The van der Waals surface area contributed by atoms with Gasteiger partial charge in [-0.1, -0.05) is 6.07 Å². The van der Waals surface area contributed by atoms with Gasteiger partial charge in [0.1, 0.15) is 30.7 Å². The van der Waals surface area contributed by atoms with Crippen molar-refractivity contribution in [2.24, 2.45) is 0 Å². The molecule has 29 heavy (non-hydrogen) atoms. The summed E-state index contributed by atoms with van der Waals surface area (Å²) in [6.45, 7) is 1.39. The van der Waals surface area contributed by atoms with Gasteiger partial charge in [-0.2, -0.15) is 10.4 Å². The summed E-state index contributed by atoms with van der Waals surface area (Å²) in [5.41, 5.74) is 1.22. The number of ketones is 1. The molecule has 0 aliphatic rings. The normalized spacial score (nSPS) is 10.3. The quantitative estimate of drug-likeness (QED) is 0.367. The molecule has 0 N–H and O–H groups in total. The van der Waals surface area contributed by atoms with Crippen LogP contribution in [0.25, 0.3) is 0 Å². The van der Waals surface area contributed by atoms with E-state index in [2.05, 4.69) is 16.2 Å². The Morgan fingerprint density at radius 2 is 1.76 bits per heavy atom. The van der Waals surface area contributed by atoms with E-state index in [0.717, 1.165) is 30.8 Å². The van der Waals surface area contributed by atoms with Crippen LogP contribution in [0.2, 0.25) is 0 Å². The highest BCUT2D eigenvalue weighted by molar-refractivity contribution is 5.95. The summed E-state index contributed by atoms with van der Waals surface area (Å²) in [5, 5.41) is 12.8. The lowest BCUT2D eigenvalue weighted by atomic mass is 10.1. The highest BCUT2D eigenvalue weighted by Crippen LogP contribution is 2.15. The van der Waals surface area contributed by atoms with Gasteiger partial charge in [0, 0.05) is 5.56 Å². The van der Waals surface area contributed by atoms with Crippen LogP contribution in [0.15, 0.2) is 61.2 Å². The van der Waals surface area contributed by atoms with Crippen LogP contribution in [0.1, 0.15) is 35.2 Å². The van der Waals surface area contributed by atoms with E-state index in [9.17, 15) is 4.79 Å². The van der Waals surface area contributed by atoms with Gasteiger partial charge in [-0.3, -0.25) is 4.79 Å². The Labute approximate surface area is 169 Å². The van der Waals surface area contributed by atoms with Crippen LogP contribution in [0, 0.1) is 11.3 Å². The fourth-order valence-corrected chi connectivity index (χ4v) is 2.71. The number of aromatic nitrogens is 3. The third-order valence-corrected chi connectivity index (χ3v) is 4.24. The Hall–Kier alpha value is -3.66. The number of unbranched alkanes of at least 4 members (excludes halogenated alkanes) is 2. The first-order valence-electron chi connectivity index (χ1n) is 9.46. The minimum atomic E-state index is -0.0256. The maximum atomic E-state index is 12.2. The van der Waals surface area contributed by atoms with Crippen molar-refractivity contribution in [1.82, 2.24) is 14.8 Å². The van der Waals surface area contributed by atoms with Gasteiger partial charge in [0.2, 0.25) is 0 Å². The first-order chi connectivity index (χ1) is 14.2. The summed E-state index contributed by atoms with van der Waals surface area (Å²) in [5.74, 6) is 1.44. The summed E-state index contributed by atoms with van der Waals surface area (Å²) in [4.78, 5) is 16.0. The molecule has 0 atom stereocenters. The van der Waals surface area contributed by atoms with Crippen LogP contribution in [0.4, 0.5) is 0 Å². The number of benzene rings is 2. The Balaban J connectivity index is 1.30. The smallest absolute Gasteiger partial charge is 0.184 e. The molecule has 0 unspecified atom stereocenters. The fraction of sp³-hybridized carbons (Fsp3) is 0.273. The van der Waals surface area contributed by atoms with Crippen LogP contribution in [-0.2, 0) is 6.54 Å². The summed E-state index contributed by atoms with van der Waals surface area (Å²) in [6.07, 6.45) is 5.73. The molecule has 0 spiro atoms. The maximum absolute atomic E-state index is 12.2. The minimum absolute atomic E-state index is 0.0256. The van der Waals surface area contributed by atoms with Crippen molar-refractivity contribution in [3.05, 3.63) is 72.3 Å². The molecule has 0 fully saturated rings. The average molecular weight is 390 g/mol. The Morgan fingerprint density at radius 1 is 1.00 bits per heavy atom. The molecule has 0 bridgehead atoms. The molecule has 3 aromatic rings. The van der Waals surface area contributed by atoms with Gasteiger partial charge in [0.25, 0.3) is 0 Å². The Kier molecular flexibility index (Phi) is 7.35. The summed E-state index contributed by atoms with van der Waals surface area (Å²) >= 11 is 0. The van der Waals surface area contributed by atoms with Crippen molar-refractivity contribution < 1.29 is 14.3 Å². The molecular weight excluding hydrogens is 368 g/mol. The molecule has 0 aliphatic heterocycles. The molecule has 0 saturated carbocycles. The highest BCUT2D eigenvalue weighted by atomic mass is 16.5. The molecule has 2 aromatic carbocycles. The second kappa shape index (κ2) is 10.6. The standard InChI is InChI=1S/C22H22N4O3/c23-14-18-5-4-6-21(13-18)29-12-3-1-2-11-28-20-9-7-19(8-10-20)22(27)15-26-17-24-16-25-26/h4-10,13,16-17H,1-3,11-12,15H2. The Bertz CT molecular complexity index is 947. The molecule has 7 heteroatoms. The highest BCUT2D eigenvalue weighted by Gasteiger charge is 2.07. The molecule has 0 radical (unpaired) electrons. The maximum Gasteiger partial charge on any atom is 0.184 e. The van der Waals surface area contributed by atoms with Gasteiger partial charge in [0.05, 0.1) is 24.8 Å². The number of Topliss-reactive ketones (excluding diaryl/α,β-unsaturated/α-hetero) is 1. The zero-order valence-corrected chi connectivity index (χ0v) is 16.0. The van der Waals surface area contributed by atoms with E-state index in [-0.39, 0.29) is 12.3 Å². The van der Waals surface area contributed by atoms with Crippen LogP contribution in [0.3, 0.4) is 0 Å². The van der Waals surface area contributed by atoms with Crippen molar-refractivity contribution in [2.75, 3.05) is 13.2 Å². The molecular formula is C22H22N4O3. The number of carbonyl (C=O) groups is 1. The van der Waals surface area contributed by atoms with E-state index in [1.807, 2.05) is 12.1 Å². The van der Waals surface area contributed by atoms with Crippen molar-refractivity contribution >= 4 is 5.78 Å². The van der Waals surface area contributed by atoms with Crippen molar-refractivity contribution in [3.8, 4) is 17.6 Å². The van der Waals surface area contributed by atoms with E-state index in [4.69, 9.17) is 14.7 Å². The Morgan fingerprint density at radius 3 is 2.45 bits per heavy atom. The number of rotatable bonds is 11. The first-order valence-corrected chi connectivity index (χ1v) is 9.46. The summed E-state index contributed by atoms with van der Waals surface area (Å²) in [7, 11) is 0. The second-order valence-corrected chi connectivity index (χ2v) is 6.44. The minimum Gasteiger partial charge on any atom is -0.494 e. The molecule has 3 rings (SSSR count). The van der Waals surface area contributed by atoms with Gasteiger partial charge in [0.15, 0.2) is 5.78 Å². The SMILES string of the molecule is N#Cc1cccc(OCCCCCOc2ccc(C(=O)Cn3cncn3)cc2)c1. The van der Waals surface area contributed by atoms with Gasteiger partial charge in [-0.25, -0.2) is 9.67 Å². The second-order valence-electron chi connectivity index (χ2n) is 6.44. The van der Waals surface area contributed by atoms with Gasteiger partial charge >= 0.3 is 0 Å². The molecule has 1 aromatic heterocycles. The fourth-order valence-electron chi connectivity index (χ4n) is 2.71. The predicted octanol–water partition coefficient (Wildman–Crippen LogP) is 3.66. The van der Waals surface area contributed by atoms with E-state index >= 15 is 0 Å². The lowest BCUT2D eigenvalue weighted by molar-refractivity contribution is 0.0967. The first kappa shape index (κ1) is 20.1. The third kappa shape index (κ3) is 6.47. The summed E-state index contributed by atoms with van der Waals surface area (Å²) < 4.78 is 12.9. The zero-order valence-electron chi connectivity index (χ0n) is 16.0. The zero-order chi connectivity index (χ0) is 20.3. The van der Waals surface area contributed by atoms with E-state index < -0.39 is 0 Å². The van der Waals surface area contributed by atoms with Crippen LogP contribution in [0.5, 0.6) is 11.5 Å². The molecule has 0 saturated heterocycles. The van der Waals surface area contributed by atoms with E-state index in [1.165, 1.54) is 17.3 Å². The van der Waals surface area contributed by atoms with Crippen molar-refractivity contribution in [1.29, 1.82) is 5.26 Å². The lowest BCUT2D eigenvalue weighted by Crippen LogP contribution is -2.10. The van der Waals surface area contributed by atoms with Crippen LogP contribution >= 0.6 is 0 Å². The predicted molar refractivity (Wildman–Crippen MR) is 107 cm³/mol. The van der Waals surface area contributed by atoms with Gasteiger partial charge in [-0.15, -0.1) is 0 Å². The lowest BCUT2D eigenvalue weighted by Gasteiger charge is -2.08. The molecule has 0 aliphatic carbocycles. The number of nitriles is 1. The molecule has 148 valence electrons. The van der Waals surface area contributed by atoms with Crippen LogP contribution < -0.4 is 9.47 Å². The number of hydrogen-bond donors (Lipinski definition) is 0. The molecule has 0 amide bonds. The average Bonchev–Trinajstić information content (AvgIpc) is 3.26. The number of ether oxygens (including phenoxy) is 2. The molecule has 1 heterocycles.